The average Bonchev–Trinajstić information content (AvgIpc) is 2.65. The fraction of sp³-hybridized carbons (Fsp3) is 0.818. The molecule has 86 valence electrons. The summed E-state index contributed by atoms with van der Waals surface area (Å²) < 4.78 is 1.98. The van der Waals surface area contributed by atoms with Crippen LogP contribution in [-0.4, -0.2) is 20.8 Å². The molecule has 0 amide bonds. The minimum atomic E-state index is 0.261. The van der Waals surface area contributed by atoms with E-state index in [1.807, 2.05) is 4.68 Å². The molecule has 0 spiro atoms. The maximum Gasteiger partial charge on any atom is 0.138 e. The minimum absolute atomic E-state index is 0.261. The molecule has 0 aromatic carbocycles. The van der Waals surface area contributed by atoms with Crippen molar-refractivity contribution in [1.82, 2.24) is 14.8 Å². The second kappa shape index (κ2) is 5.85. The Labute approximate surface area is 91.9 Å². The van der Waals surface area contributed by atoms with E-state index in [-0.39, 0.29) is 6.04 Å². The third-order valence-electron chi connectivity index (χ3n) is 2.84. The molecule has 1 rings (SSSR count). The summed E-state index contributed by atoms with van der Waals surface area (Å²) in [5.74, 6) is 1.53. The van der Waals surface area contributed by atoms with Crippen molar-refractivity contribution in [2.45, 2.75) is 52.6 Å². The summed E-state index contributed by atoms with van der Waals surface area (Å²) >= 11 is 0. The fourth-order valence-corrected chi connectivity index (χ4v) is 1.69. The topological polar surface area (TPSA) is 56.7 Å². The van der Waals surface area contributed by atoms with Gasteiger partial charge in [0.25, 0.3) is 0 Å². The van der Waals surface area contributed by atoms with Gasteiger partial charge in [0.2, 0.25) is 0 Å². The zero-order valence-corrected chi connectivity index (χ0v) is 9.98. The Bertz CT molecular complexity index is 282. The van der Waals surface area contributed by atoms with Crippen LogP contribution in [-0.2, 0) is 13.0 Å². The molecule has 15 heavy (non-hydrogen) atoms. The normalized spacial score (nSPS) is 15.2. The highest BCUT2D eigenvalue weighted by atomic mass is 15.3. The van der Waals surface area contributed by atoms with Crippen molar-refractivity contribution in [2.75, 3.05) is 0 Å². The van der Waals surface area contributed by atoms with Crippen molar-refractivity contribution in [3.63, 3.8) is 0 Å². The van der Waals surface area contributed by atoms with Gasteiger partial charge in [0.1, 0.15) is 12.2 Å². The van der Waals surface area contributed by atoms with Crippen molar-refractivity contribution < 1.29 is 0 Å². The summed E-state index contributed by atoms with van der Waals surface area (Å²) in [7, 11) is 0. The van der Waals surface area contributed by atoms with Crippen LogP contribution in [0.15, 0.2) is 6.33 Å². The van der Waals surface area contributed by atoms with E-state index < -0.39 is 0 Å². The van der Waals surface area contributed by atoms with Gasteiger partial charge in [-0.1, -0.05) is 20.8 Å². The molecule has 0 bridgehead atoms. The van der Waals surface area contributed by atoms with Gasteiger partial charge >= 0.3 is 0 Å². The first-order valence-corrected chi connectivity index (χ1v) is 5.81. The molecule has 0 aliphatic heterocycles. The Balaban J connectivity index is 2.59. The van der Waals surface area contributed by atoms with Crippen LogP contribution < -0.4 is 5.73 Å². The van der Waals surface area contributed by atoms with Crippen molar-refractivity contribution >= 4 is 0 Å². The van der Waals surface area contributed by atoms with E-state index in [4.69, 9.17) is 5.73 Å². The van der Waals surface area contributed by atoms with E-state index in [0.29, 0.717) is 5.92 Å². The Kier molecular flexibility index (Phi) is 4.75. The quantitative estimate of drug-likeness (QED) is 0.776. The highest BCUT2D eigenvalue weighted by Gasteiger charge is 2.14. The lowest BCUT2D eigenvalue weighted by Crippen LogP contribution is -2.29. The third kappa shape index (κ3) is 3.30. The number of aryl methyl sites for hydroxylation is 1. The van der Waals surface area contributed by atoms with Crippen molar-refractivity contribution in [2.24, 2.45) is 11.7 Å². The summed E-state index contributed by atoms with van der Waals surface area (Å²) in [6.45, 7) is 7.40. The molecule has 4 heteroatoms. The van der Waals surface area contributed by atoms with Crippen molar-refractivity contribution in [3.8, 4) is 0 Å². The molecule has 4 nitrogen and oxygen atoms in total. The fourth-order valence-electron chi connectivity index (χ4n) is 1.69. The zero-order valence-electron chi connectivity index (χ0n) is 9.98. The number of nitrogens with two attached hydrogens (primary N) is 1. The first-order chi connectivity index (χ1) is 7.19. The molecule has 0 aliphatic rings. The van der Waals surface area contributed by atoms with Gasteiger partial charge in [-0.15, -0.1) is 0 Å². The summed E-state index contributed by atoms with van der Waals surface area (Å²) in [4.78, 5) is 4.29. The standard InChI is InChI=1S/C11H22N4/c1-4-6-15-11(13-8-14-15)7-9(3)10(12)5-2/h8-10H,4-7,12H2,1-3H3. The molecule has 1 aromatic heterocycles. The highest BCUT2D eigenvalue weighted by molar-refractivity contribution is 4.88. The van der Waals surface area contributed by atoms with Crippen LogP contribution in [0.2, 0.25) is 0 Å². The van der Waals surface area contributed by atoms with Crippen LogP contribution in [0.3, 0.4) is 0 Å². The lowest BCUT2D eigenvalue weighted by Gasteiger charge is -2.17. The monoisotopic (exact) mass is 210 g/mol. The SMILES string of the molecule is CCCn1ncnc1CC(C)C(N)CC. The molecular formula is C11H22N4. The van der Waals surface area contributed by atoms with E-state index >= 15 is 0 Å². The average molecular weight is 210 g/mol. The second-order valence-corrected chi connectivity index (χ2v) is 4.15. The van der Waals surface area contributed by atoms with E-state index in [9.17, 15) is 0 Å². The van der Waals surface area contributed by atoms with Gasteiger partial charge in [0, 0.05) is 19.0 Å². The van der Waals surface area contributed by atoms with Gasteiger partial charge < -0.3 is 5.73 Å². The lowest BCUT2D eigenvalue weighted by atomic mass is 9.97. The van der Waals surface area contributed by atoms with Gasteiger partial charge in [-0.25, -0.2) is 4.98 Å². The molecule has 2 atom stereocenters. The molecule has 0 fully saturated rings. The second-order valence-electron chi connectivity index (χ2n) is 4.15. The van der Waals surface area contributed by atoms with Crippen LogP contribution in [0, 0.1) is 5.92 Å². The van der Waals surface area contributed by atoms with Gasteiger partial charge in [-0.2, -0.15) is 5.10 Å². The summed E-state index contributed by atoms with van der Waals surface area (Å²) in [6, 6.07) is 0.261. The van der Waals surface area contributed by atoms with Crippen LogP contribution >= 0.6 is 0 Å². The molecule has 0 saturated carbocycles. The number of nitrogens with zero attached hydrogens (tertiary/aromatic N) is 3. The minimum Gasteiger partial charge on any atom is -0.327 e. The number of aromatic nitrogens is 3. The molecule has 0 saturated heterocycles. The van der Waals surface area contributed by atoms with Gasteiger partial charge in [0.15, 0.2) is 0 Å². The van der Waals surface area contributed by atoms with Crippen LogP contribution in [0.25, 0.3) is 0 Å². The molecule has 2 unspecified atom stereocenters. The lowest BCUT2D eigenvalue weighted by molar-refractivity contribution is 0.420. The van der Waals surface area contributed by atoms with Gasteiger partial charge in [-0.05, 0) is 18.8 Å². The van der Waals surface area contributed by atoms with Crippen LogP contribution in [0.4, 0.5) is 0 Å². The third-order valence-corrected chi connectivity index (χ3v) is 2.84. The highest BCUT2D eigenvalue weighted by Crippen LogP contribution is 2.11. The maximum absolute atomic E-state index is 6.00. The van der Waals surface area contributed by atoms with E-state index in [1.165, 1.54) is 0 Å². The first kappa shape index (κ1) is 12.2. The van der Waals surface area contributed by atoms with E-state index in [2.05, 4.69) is 30.9 Å². The molecule has 0 aliphatic carbocycles. The van der Waals surface area contributed by atoms with Crippen LogP contribution in [0.1, 0.15) is 39.4 Å². The van der Waals surface area contributed by atoms with Crippen molar-refractivity contribution in [1.29, 1.82) is 0 Å². The predicted molar refractivity (Wildman–Crippen MR) is 61.4 cm³/mol. The molecule has 1 aromatic rings. The molecule has 0 radical (unpaired) electrons. The van der Waals surface area contributed by atoms with E-state index in [0.717, 1.165) is 31.6 Å². The van der Waals surface area contributed by atoms with E-state index in [1.54, 1.807) is 6.33 Å². The van der Waals surface area contributed by atoms with Gasteiger partial charge in [-0.3, -0.25) is 4.68 Å². The number of rotatable bonds is 6. The molecular weight excluding hydrogens is 188 g/mol. The Morgan fingerprint density at radius 1 is 1.47 bits per heavy atom. The van der Waals surface area contributed by atoms with Crippen LogP contribution in [0.5, 0.6) is 0 Å². The van der Waals surface area contributed by atoms with Crippen molar-refractivity contribution in [3.05, 3.63) is 12.2 Å². The summed E-state index contributed by atoms with van der Waals surface area (Å²) in [5.41, 5.74) is 6.00. The Hall–Kier alpha value is -0.900. The maximum atomic E-state index is 6.00. The smallest absolute Gasteiger partial charge is 0.138 e. The predicted octanol–water partition coefficient (Wildman–Crippen LogP) is 1.60. The zero-order chi connectivity index (χ0) is 11.3. The Morgan fingerprint density at radius 3 is 2.80 bits per heavy atom. The summed E-state index contributed by atoms with van der Waals surface area (Å²) in [5, 5.41) is 4.21. The summed E-state index contributed by atoms with van der Waals surface area (Å²) in [6.07, 6.45) is 4.66. The van der Waals surface area contributed by atoms with Gasteiger partial charge in [0.05, 0.1) is 0 Å². The molecule has 2 N–H and O–H groups in total. The Morgan fingerprint density at radius 2 is 2.20 bits per heavy atom. The first-order valence-electron chi connectivity index (χ1n) is 5.81. The largest absolute Gasteiger partial charge is 0.327 e. The molecule has 1 heterocycles. The number of hydrogen-bond acceptors (Lipinski definition) is 3. The number of hydrogen-bond donors (Lipinski definition) is 1.